The van der Waals surface area contributed by atoms with Crippen molar-refractivity contribution in [2.75, 3.05) is 9.44 Å². The molecule has 3 aromatic carbocycles. The molecule has 0 aromatic heterocycles. The molecule has 0 saturated carbocycles. The van der Waals surface area contributed by atoms with E-state index < -0.39 is 20.0 Å². The Hall–Kier alpha value is -3.24. The van der Waals surface area contributed by atoms with E-state index in [-0.39, 0.29) is 26.9 Å². The van der Waals surface area contributed by atoms with Crippen LogP contribution in [0.1, 0.15) is 0 Å². The highest BCUT2D eigenvalue weighted by Crippen LogP contribution is 2.31. The molecule has 28 heavy (non-hydrogen) atoms. The van der Waals surface area contributed by atoms with Gasteiger partial charge in [0.05, 0.1) is 21.2 Å². The maximum atomic E-state index is 12.6. The van der Waals surface area contributed by atoms with Gasteiger partial charge in [-0.05, 0) is 47.6 Å². The second-order valence-electron chi connectivity index (χ2n) is 5.66. The lowest BCUT2D eigenvalue weighted by Crippen LogP contribution is -2.17. The molecular weight excluding hydrogens is 402 g/mol. The van der Waals surface area contributed by atoms with Gasteiger partial charge in [0.25, 0.3) is 20.0 Å². The quantitative estimate of drug-likeness (QED) is 0.568. The van der Waals surface area contributed by atoms with Crippen molar-refractivity contribution in [1.29, 1.82) is 0 Å². The summed E-state index contributed by atoms with van der Waals surface area (Å²) in [6, 6.07) is 18.8. The molecular formula is C18H15N3O5S2. The van der Waals surface area contributed by atoms with Gasteiger partial charge in [-0.15, -0.1) is 4.91 Å². The van der Waals surface area contributed by atoms with Gasteiger partial charge >= 0.3 is 0 Å². The van der Waals surface area contributed by atoms with Gasteiger partial charge in [-0.3, -0.25) is 9.44 Å². The first kappa shape index (κ1) is 19.5. The van der Waals surface area contributed by atoms with E-state index in [0.29, 0.717) is 0 Å². The van der Waals surface area contributed by atoms with Crippen LogP contribution in [0.3, 0.4) is 0 Å². The number of hydrogen-bond acceptors (Lipinski definition) is 6. The first-order valence-corrected chi connectivity index (χ1v) is 10.9. The summed E-state index contributed by atoms with van der Waals surface area (Å²) in [5.41, 5.74) is -0.232. The van der Waals surface area contributed by atoms with Gasteiger partial charge in [0.1, 0.15) is 5.69 Å². The molecule has 2 N–H and O–H groups in total. The van der Waals surface area contributed by atoms with E-state index in [1.807, 2.05) is 0 Å². The summed E-state index contributed by atoms with van der Waals surface area (Å²) in [4.78, 5) is 10.8. The van der Waals surface area contributed by atoms with Gasteiger partial charge in [-0.1, -0.05) is 36.4 Å². The van der Waals surface area contributed by atoms with Crippen LogP contribution in [-0.4, -0.2) is 16.8 Å². The number of nitrogens with one attached hydrogen (secondary N) is 2. The van der Waals surface area contributed by atoms with Crippen LogP contribution in [0.2, 0.25) is 0 Å². The zero-order chi connectivity index (χ0) is 20.2. The van der Waals surface area contributed by atoms with Crippen molar-refractivity contribution in [2.24, 2.45) is 5.18 Å². The predicted octanol–water partition coefficient (Wildman–Crippen LogP) is 3.69. The average molecular weight is 417 g/mol. The van der Waals surface area contributed by atoms with Gasteiger partial charge in [-0.25, -0.2) is 16.8 Å². The summed E-state index contributed by atoms with van der Waals surface area (Å²) >= 11 is 0. The topological polar surface area (TPSA) is 122 Å². The standard InChI is InChI=1S/C18H15N3O5S2/c22-19-14-11-12-17(20-27(23,24)15-7-3-1-4-8-15)18(13-14)21-28(25,26)16-9-5-2-6-10-16/h1-13,20-21H. The molecule has 10 heteroatoms. The molecule has 3 rings (SSSR count). The van der Waals surface area contributed by atoms with Crippen molar-refractivity contribution < 1.29 is 16.8 Å². The summed E-state index contributed by atoms with van der Waals surface area (Å²) in [6.07, 6.45) is 0. The Labute approximate surface area is 162 Å². The number of sulfonamides is 2. The van der Waals surface area contributed by atoms with Crippen LogP contribution < -0.4 is 9.44 Å². The Kier molecular flexibility index (Phi) is 5.43. The zero-order valence-corrected chi connectivity index (χ0v) is 15.9. The van der Waals surface area contributed by atoms with Crippen molar-refractivity contribution in [3.8, 4) is 0 Å². The number of anilines is 2. The molecule has 0 amide bonds. The third-order valence-corrected chi connectivity index (χ3v) is 6.47. The minimum atomic E-state index is -4.01. The Morgan fingerprint density at radius 3 is 1.54 bits per heavy atom. The van der Waals surface area contributed by atoms with Crippen molar-refractivity contribution in [3.05, 3.63) is 83.8 Å². The molecule has 0 aliphatic carbocycles. The van der Waals surface area contributed by atoms with E-state index in [9.17, 15) is 21.7 Å². The van der Waals surface area contributed by atoms with E-state index in [2.05, 4.69) is 14.6 Å². The first-order valence-electron chi connectivity index (χ1n) is 7.95. The molecule has 0 bridgehead atoms. The molecule has 0 saturated heterocycles. The molecule has 0 aliphatic heterocycles. The summed E-state index contributed by atoms with van der Waals surface area (Å²) in [6.45, 7) is 0. The Bertz CT molecular complexity index is 1200. The molecule has 0 heterocycles. The minimum Gasteiger partial charge on any atom is -0.277 e. The molecule has 0 fully saturated rings. The van der Waals surface area contributed by atoms with E-state index in [4.69, 9.17) is 0 Å². The molecule has 8 nitrogen and oxygen atoms in total. The largest absolute Gasteiger partial charge is 0.277 e. The Morgan fingerprint density at radius 1 is 0.607 bits per heavy atom. The van der Waals surface area contributed by atoms with Gasteiger partial charge in [0.2, 0.25) is 0 Å². The van der Waals surface area contributed by atoms with E-state index in [0.717, 1.165) is 6.07 Å². The monoisotopic (exact) mass is 417 g/mol. The van der Waals surface area contributed by atoms with Crippen LogP contribution in [0.15, 0.2) is 93.8 Å². The summed E-state index contributed by atoms with van der Waals surface area (Å²) in [5, 5.41) is 2.77. The number of nitrogens with zero attached hydrogens (tertiary/aromatic N) is 1. The van der Waals surface area contributed by atoms with Crippen LogP contribution in [0.25, 0.3) is 0 Å². The van der Waals surface area contributed by atoms with Crippen LogP contribution in [0.5, 0.6) is 0 Å². The lowest BCUT2D eigenvalue weighted by atomic mass is 10.2. The fourth-order valence-corrected chi connectivity index (χ4v) is 4.56. The summed E-state index contributed by atoms with van der Waals surface area (Å²) in [5.74, 6) is 0. The number of rotatable bonds is 7. The van der Waals surface area contributed by atoms with Gasteiger partial charge in [0, 0.05) is 0 Å². The van der Waals surface area contributed by atoms with Gasteiger partial charge < -0.3 is 0 Å². The first-order chi connectivity index (χ1) is 13.3. The zero-order valence-electron chi connectivity index (χ0n) is 14.3. The minimum absolute atomic E-state index is 0.00413. The van der Waals surface area contributed by atoms with E-state index in [1.54, 1.807) is 36.4 Å². The number of benzene rings is 3. The molecule has 0 radical (unpaired) electrons. The third-order valence-electron chi connectivity index (χ3n) is 3.70. The normalized spacial score (nSPS) is 11.6. The lowest BCUT2D eigenvalue weighted by molar-refractivity contribution is 0.599. The van der Waals surface area contributed by atoms with Crippen molar-refractivity contribution in [1.82, 2.24) is 0 Å². The van der Waals surface area contributed by atoms with Crippen LogP contribution >= 0.6 is 0 Å². The molecule has 0 spiro atoms. The molecule has 0 aliphatic rings. The fourth-order valence-electron chi connectivity index (χ4n) is 2.37. The molecule has 0 atom stereocenters. The maximum absolute atomic E-state index is 12.6. The smallest absolute Gasteiger partial charge is 0.261 e. The van der Waals surface area contributed by atoms with E-state index >= 15 is 0 Å². The van der Waals surface area contributed by atoms with Crippen LogP contribution in [0, 0.1) is 4.91 Å². The van der Waals surface area contributed by atoms with Crippen molar-refractivity contribution >= 4 is 37.1 Å². The van der Waals surface area contributed by atoms with Gasteiger partial charge in [0.15, 0.2) is 0 Å². The van der Waals surface area contributed by atoms with Crippen molar-refractivity contribution in [3.63, 3.8) is 0 Å². The number of hydrogen-bond donors (Lipinski definition) is 2. The summed E-state index contributed by atoms with van der Waals surface area (Å²) < 4.78 is 55.0. The SMILES string of the molecule is O=Nc1ccc(NS(=O)(=O)c2ccccc2)c(NS(=O)(=O)c2ccccc2)c1. The molecule has 3 aromatic rings. The maximum Gasteiger partial charge on any atom is 0.261 e. The molecule has 144 valence electrons. The summed E-state index contributed by atoms with van der Waals surface area (Å²) in [7, 11) is -7.98. The van der Waals surface area contributed by atoms with E-state index in [1.165, 1.54) is 36.4 Å². The van der Waals surface area contributed by atoms with Crippen LogP contribution in [-0.2, 0) is 20.0 Å². The highest BCUT2D eigenvalue weighted by atomic mass is 32.2. The fraction of sp³-hybridized carbons (Fsp3) is 0. The lowest BCUT2D eigenvalue weighted by Gasteiger charge is -2.15. The second kappa shape index (κ2) is 7.79. The highest BCUT2D eigenvalue weighted by molar-refractivity contribution is 7.93. The third kappa shape index (κ3) is 4.35. The Balaban J connectivity index is 2.01. The van der Waals surface area contributed by atoms with Crippen molar-refractivity contribution in [2.45, 2.75) is 9.79 Å². The average Bonchev–Trinajstić information content (AvgIpc) is 2.70. The predicted molar refractivity (Wildman–Crippen MR) is 106 cm³/mol. The molecule has 0 unspecified atom stereocenters. The van der Waals surface area contributed by atoms with Gasteiger partial charge in [-0.2, -0.15) is 0 Å². The second-order valence-corrected chi connectivity index (χ2v) is 9.02. The van der Waals surface area contributed by atoms with Crippen LogP contribution in [0.4, 0.5) is 17.1 Å². The Morgan fingerprint density at radius 2 is 1.07 bits per heavy atom. The number of nitroso groups, excluding NO2 is 1. The highest BCUT2D eigenvalue weighted by Gasteiger charge is 2.20.